The Balaban J connectivity index is 1.50. The zero-order valence-electron chi connectivity index (χ0n) is 18.5. The fourth-order valence-electron chi connectivity index (χ4n) is 4.18. The standard InChI is InChI=1S/C22H30N4O4S2/c1-18-17-21(26-11-3-4-16-31(26,27)28)9-10-22(18)32(29,30)23-19-5-7-20(8-6-19)25-14-12-24(2)13-15-25/h5-10,17,23H,3-4,11-16H2,1-2H3. The van der Waals surface area contributed by atoms with Crippen LogP contribution in [0.3, 0.4) is 0 Å². The maximum absolute atomic E-state index is 13.0. The molecule has 0 atom stereocenters. The van der Waals surface area contributed by atoms with E-state index in [2.05, 4.69) is 21.6 Å². The lowest BCUT2D eigenvalue weighted by molar-refractivity contribution is 0.313. The predicted molar refractivity (Wildman–Crippen MR) is 129 cm³/mol. The monoisotopic (exact) mass is 478 g/mol. The normalized spacial score (nSPS) is 19.7. The molecule has 0 unspecified atom stereocenters. The summed E-state index contributed by atoms with van der Waals surface area (Å²) in [6, 6.07) is 12.1. The zero-order chi connectivity index (χ0) is 22.9. The quantitative estimate of drug-likeness (QED) is 0.710. The van der Waals surface area contributed by atoms with Gasteiger partial charge in [-0.15, -0.1) is 0 Å². The maximum Gasteiger partial charge on any atom is 0.262 e. The fraction of sp³-hybridized carbons (Fsp3) is 0.455. The molecule has 2 aliphatic rings. The molecule has 2 aliphatic heterocycles. The first-order valence-corrected chi connectivity index (χ1v) is 13.9. The van der Waals surface area contributed by atoms with Crippen LogP contribution in [0, 0.1) is 6.92 Å². The van der Waals surface area contributed by atoms with Crippen LogP contribution in [-0.4, -0.2) is 67.3 Å². The molecule has 2 saturated heterocycles. The molecule has 2 heterocycles. The van der Waals surface area contributed by atoms with Gasteiger partial charge in [-0.05, 0) is 74.8 Å². The Morgan fingerprint density at radius 3 is 2.16 bits per heavy atom. The van der Waals surface area contributed by atoms with Gasteiger partial charge in [0.15, 0.2) is 0 Å². The summed E-state index contributed by atoms with van der Waals surface area (Å²) in [6.45, 7) is 6.00. The summed E-state index contributed by atoms with van der Waals surface area (Å²) in [7, 11) is -5.04. The third-order valence-corrected chi connectivity index (χ3v) is 9.48. The number of benzene rings is 2. The molecule has 0 saturated carbocycles. The van der Waals surface area contributed by atoms with Crippen LogP contribution in [0.1, 0.15) is 18.4 Å². The third kappa shape index (κ3) is 4.87. The van der Waals surface area contributed by atoms with Crippen molar-refractivity contribution in [2.45, 2.75) is 24.7 Å². The van der Waals surface area contributed by atoms with Crippen molar-refractivity contribution in [2.24, 2.45) is 0 Å². The zero-order valence-corrected chi connectivity index (χ0v) is 20.1. The highest BCUT2D eigenvalue weighted by Gasteiger charge is 2.27. The SMILES string of the molecule is Cc1cc(N2CCCCS2(=O)=O)ccc1S(=O)(=O)Nc1ccc(N2CCN(C)CC2)cc1. The first kappa shape index (κ1) is 22.9. The minimum Gasteiger partial charge on any atom is -0.369 e. The van der Waals surface area contributed by atoms with Crippen LogP contribution in [0.5, 0.6) is 0 Å². The van der Waals surface area contributed by atoms with Gasteiger partial charge in [0.05, 0.1) is 16.3 Å². The van der Waals surface area contributed by atoms with Crippen LogP contribution < -0.4 is 13.9 Å². The lowest BCUT2D eigenvalue weighted by Crippen LogP contribution is -2.44. The van der Waals surface area contributed by atoms with E-state index in [0.717, 1.165) is 38.3 Å². The molecule has 174 valence electrons. The van der Waals surface area contributed by atoms with Gasteiger partial charge in [0.1, 0.15) is 0 Å². The van der Waals surface area contributed by atoms with Gasteiger partial charge in [-0.25, -0.2) is 16.8 Å². The van der Waals surface area contributed by atoms with Crippen LogP contribution >= 0.6 is 0 Å². The van der Waals surface area contributed by atoms with E-state index in [0.29, 0.717) is 29.9 Å². The molecule has 8 nitrogen and oxygen atoms in total. The number of nitrogens with zero attached hydrogens (tertiary/aromatic N) is 3. The van der Waals surface area contributed by atoms with Gasteiger partial charge in [0, 0.05) is 44.1 Å². The van der Waals surface area contributed by atoms with E-state index in [9.17, 15) is 16.8 Å². The Morgan fingerprint density at radius 1 is 0.875 bits per heavy atom. The number of sulfonamides is 2. The highest BCUT2D eigenvalue weighted by atomic mass is 32.2. The van der Waals surface area contributed by atoms with Crippen molar-refractivity contribution in [3.8, 4) is 0 Å². The Morgan fingerprint density at radius 2 is 1.53 bits per heavy atom. The molecule has 0 radical (unpaired) electrons. The van der Waals surface area contributed by atoms with Crippen molar-refractivity contribution in [1.82, 2.24) is 4.90 Å². The first-order chi connectivity index (χ1) is 15.2. The van der Waals surface area contributed by atoms with Crippen molar-refractivity contribution < 1.29 is 16.8 Å². The number of likely N-dealkylation sites (N-methyl/N-ethyl adjacent to an activating group) is 1. The molecule has 2 aromatic carbocycles. The summed E-state index contributed by atoms with van der Waals surface area (Å²) in [5.41, 5.74) is 2.58. The summed E-state index contributed by atoms with van der Waals surface area (Å²) in [6.07, 6.45) is 1.45. The molecule has 2 aromatic rings. The highest BCUT2D eigenvalue weighted by Crippen LogP contribution is 2.29. The first-order valence-electron chi connectivity index (χ1n) is 10.8. The molecular formula is C22H30N4O4S2. The van der Waals surface area contributed by atoms with Gasteiger partial charge in [0.25, 0.3) is 10.0 Å². The molecule has 2 fully saturated rings. The van der Waals surface area contributed by atoms with Crippen LogP contribution in [-0.2, 0) is 20.0 Å². The topological polar surface area (TPSA) is 90.0 Å². The van der Waals surface area contributed by atoms with Gasteiger partial charge >= 0.3 is 0 Å². The molecule has 0 amide bonds. The van der Waals surface area contributed by atoms with Crippen molar-refractivity contribution in [2.75, 3.05) is 59.5 Å². The van der Waals surface area contributed by atoms with Gasteiger partial charge in [-0.1, -0.05) is 0 Å². The predicted octanol–water partition coefficient (Wildman–Crippen LogP) is 2.48. The third-order valence-electron chi connectivity index (χ3n) is 6.07. The van der Waals surface area contributed by atoms with E-state index in [-0.39, 0.29) is 10.6 Å². The van der Waals surface area contributed by atoms with Crippen LogP contribution in [0.2, 0.25) is 0 Å². The van der Waals surface area contributed by atoms with E-state index >= 15 is 0 Å². The lowest BCUT2D eigenvalue weighted by Gasteiger charge is -2.34. The van der Waals surface area contributed by atoms with Crippen molar-refractivity contribution >= 4 is 37.1 Å². The van der Waals surface area contributed by atoms with E-state index in [1.165, 1.54) is 10.4 Å². The van der Waals surface area contributed by atoms with E-state index < -0.39 is 20.0 Å². The number of hydrogen-bond donors (Lipinski definition) is 1. The number of piperazine rings is 1. The van der Waals surface area contributed by atoms with Gasteiger partial charge in [-0.2, -0.15) is 0 Å². The lowest BCUT2D eigenvalue weighted by atomic mass is 10.2. The summed E-state index contributed by atoms with van der Waals surface area (Å²) in [5.74, 6) is 0.123. The number of nitrogens with one attached hydrogen (secondary N) is 1. The minimum absolute atomic E-state index is 0.123. The number of aryl methyl sites for hydroxylation is 1. The molecular weight excluding hydrogens is 448 g/mol. The second-order valence-corrected chi connectivity index (χ2v) is 12.2. The Bertz CT molecular complexity index is 1170. The fourth-order valence-corrected chi connectivity index (χ4v) is 7.10. The van der Waals surface area contributed by atoms with E-state index in [1.807, 2.05) is 12.1 Å². The summed E-state index contributed by atoms with van der Waals surface area (Å²) >= 11 is 0. The molecule has 0 aliphatic carbocycles. The average molecular weight is 479 g/mol. The molecule has 0 aromatic heterocycles. The van der Waals surface area contributed by atoms with Crippen molar-refractivity contribution in [1.29, 1.82) is 0 Å². The van der Waals surface area contributed by atoms with Gasteiger partial charge in [0.2, 0.25) is 10.0 Å². The summed E-state index contributed by atoms with van der Waals surface area (Å²) in [4.78, 5) is 4.71. The molecule has 4 rings (SSSR count). The van der Waals surface area contributed by atoms with Gasteiger partial charge in [-0.3, -0.25) is 9.03 Å². The molecule has 1 N–H and O–H groups in total. The van der Waals surface area contributed by atoms with E-state index in [1.54, 1.807) is 31.2 Å². The van der Waals surface area contributed by atoms with E-state index in [4.69, 9.17) is 0 Å². The summed E-state index contributed by atoms with van der Waals surface area (Å²) in [5, 5.41) is 0. The van der Waals surface area contributed by atoms with Crippen LogP contribution in [0.4, 0.5) is 17.1 Å². The second kappa shape index (κ2) is 8.92. The molecule has 10 heteroatoms. The van der Waals surface area contributed by atoms with Gasteiger partial charge < -0.3 is 9.80 Å². The Hall–Kier alpha value is -2.30. The maximum atomic E-state index is 13.0. The average Bonchev–Trinajstić information content (AvgIpc) is 2.74. The number of anilines is 3. The largest absolute Gasteiger partial charge is 0.369 e. The molecule has 0 bridgehead atoms. The van der Waals surface area contributed by atoms with Crippen molar-refractivity contribution in [3.63, 3.8) is 0 Å². The Labute approximate surface area is 190 Å². The number of hydrogen-bond acceptors (Lipinski definition) is 6. The summed E-state index contributed by atoms with van der Waals surface area (Å²) < 4.78 is 54.8. The van der Waals surface area contributed by atoms with Crippen LogP contribution in [0.15, 0.2) is 47.4 Å². The minimum atomic E-state index is -3.80. The van der Waals surface area contributed by atoms with Crippen molar-refractivity contribution in [3.05, 3.63) is 48.0 Å². The number of rotatable bonds is 5. The second-order valence-electron chi connectivity index (χ2n) is 8.49. The van der Waals surface area contributed by atoms with Crippen LogP contribution in [0.25, 0.3) is 0 Å². The highest BCUT2D eigenvalue weighted by molar-refractivity contribution is 7.93. The Kier molecular flexibility index (Phi) is 6.37. The molecule has 32 heavy (non-hydrogen) atoms. The molecule has 0 spiro atoms. The smallest absolute Gasteiger partial charge is 0.262 e.